The molecule has 0 fully saturated rings. The Morgan fingerprint density at radius 2 is 1.95 bits per heavy atom. The highest BCUT2D eigenvalue weighted by Gasteiger charge is 2.20. The number of aromatic nitrogens is 1. The van der Waals surface area contributed by atoms with Crippen LogP contribution < -0.4 is 4.90 Å². The lowest BCUT2D eigenvalue weighted by Gasteiger charge is -2.25. The Kier molecular flexibility index (Phi) is 5.24. The van der Waals surface area contributed by atoms with E-state index in [4.69, 9.17) is 16.3 Å². The van der Waals surface area contributed by atoms with Gasteiger partial charge in [-0.2, -0.15) is 0 Å². The van der Waals surface area contributed by atoms with Crippen molar-refractivity contribution in [2.24, 2.45) is 0 Å². The summed E-state index contributed by atoms with van der Waals surface area (Å²) in [4.78, 5) is 18.8. The molecule has 118 valence electrons. The van der Waals surface area contributed by atoms with Gasteiger partial charge in [0.25, 0.3) is 0 Å². The zero-order chi connectivity index (χ0) is 16.3. The first kappa shape index (κ1) is 16.6. The number of halogens is 1. The van der Waals surface area contributed by atoms with E-state index < -0.39 is 0 Å². The Morgan fingerprint density at radius 1 is 1.27 bits per heavy atom. The molecular weight excluding hydrogens is 300 g/mol. The molecule has 4 nitrogen and oxygen atoms in total. The Bertz CT molecular complexity index is 697. The summed E-state index contributed by atoms with van der Waals surface area (Å²) >= 11 is 6.19. The molecule has 5 heteroatoms. The largest absolute Gasteiger partial charge is 0.462 e. The third-order valence-corrected chi connectivity index (χ3v) is 4.10. The van der Waals surface area contributed by atoms with E-state index in [-0.39, 0.29) is 5.97 Å². The smallest absolute Gasteiger partial charge is 0.341 e. The first-order valence-corrected chi connectivity index (χ1v) is 7.92. The standard InChI is InChI=1S/C17H21ClN2O2/c1-5-20(6-2)16-12-8-11(4)14(18)9-15(12)19-10-13(16)17(21)22-7-3/h8-10H,5-7H2,1-4H3. The SMILES string of the molecule is CCOC(=O)c1cnc2cc(Cl)c(C)cc2c1N(CC)CC. The molecule has 1 heterocycles. The summed E-state index contributed by atoms with van der Waals surface area (Å²) in [6.45, 7) is 9.81. The molecule has 0 bridgehead atoms. The van der Waals surface area contributed by atoms with Crippen LogP contribution in [0.3, 0.4) is 0 Å². The first-order chi connectivity index (χ1) is 10.5. The van der Waals surface area contributed by atoms with Crippen LogP contribution in [-0.4, -0.2) is 30.6 Å². The molecule has 0 amide bonds. The summed E-state index contributed by atoms with van der Waals surface area (Å²) in [5, 5.41) is 1.60. The third-order valence-electron chi connectivity index (χ3n) is 3.69. The van der Waals surface area contributed by atoms with E-state index in [1.54, 1.807) is 13.1 Å². The third kappa shape index (κ3) is 3.02. The highest BCUT2D eigenvalue weighted by Crippen LogP contribution is 2.33. The summed E-state index contributed by atoms with van der Waals surface area (Å²) in [7, 11) is 0. The normalized spacial score (nSPS) is 10.8. The van der Waals surface area contributed by atoms with Gasteiger partial charge in [0.2, 0.25) is 0 Å². The van der Waals surface area contributed by atoms with Gasteiger partial charge in [-0.25, -0.2) is 4.79 Å². The second kappa shape index (κ2) is 6.97. The number of aryl methyl sites for hydroxylation is 1. The molecule has 0 aliphatic rings. The van der Waals surface area contributed by atoms with Gasteiger partial charge in [0.05, 0.1) is 17.8 Å². The fraction of sp³-hybridized carbons (Fsp3) is 0.412. The summed E-state index contributed by atoms with van der Waals surface area (Å²) < 4.78 is 5.18. The van der Waals surface area contributed by atoms with Crippen molar-refractivity contribution < 1.29 is 9.53 Å². The molecule has 1 aromatic heterocycles. The average Bonchev–Trinajstić information content (AvgIpc) is 2.50. The second-order valence-corrected chi connectivity index (χ2v) is 5.44. The Hall–Kier alpha value is -1.81. The van der Waals surface area contributed by atoms with Crippen LogP contribution in [0.4, 0.5) is 5.69 Å². The minimum atomic E-state index is -0.341. The number of nitrogens with zero attached hydrogens (tertiary/aromatic N) is 2. The quantitative estimate of drug-likeness (QED) is 0.774. The Labute approximate surface area is 136 Å². The van der Waals surface area contributed by atoms with Crippen molar-refractivity contribution in [3.05, 3.63) is 34.5 Å². The fourth-order valence-corrected chi connectivity index (χ4v) is 2.70. The van der Waals surface area contributed by atoms with Crippen molar-refractivity contribution >= 4 is 34.2 Å². The van der Waals surface area contributed by atoms with Gasteiger partial charge in [0.1, 0.15) is 5.56 Å². The average molecular weight is 321 g/mol. The lowest BCUT2D eigenvalue weighted by Crippen LogP contribution is -2.25. The molecule has 2 aromatic rings. The van der Waals surface area contributed by atoms with Crippen molar-refractivity contribution in [1.82, 2.24) is 4.98 Å². The minimum Gasteiger partial charge on any atom is -0.462 e. The molecule has 0 aliphatic carbocycles. The second-order valence-electron chi connectivity index (χ2n) is 5.03. The van der Waals surface area contributed by atoms with E-state index in [9.17, 15) is 4.79 Å². The number of fused-ring (bicyclic) bond motifs is 1. The molecule has 0 unspecified atom stereocenters. The zero-order valence-electron chi connectivity index (χ0n) is 13.4. The van der Waals surface area contributed by atoms with Crippen molar-refractivity contribution in [3.63, 3.8) is 0 Å². The number of hydrogen-bond donors (Lipinski definition) is 0. The molecule has 0 radical (unpaired) electrons. The van der Waals surface area contributed by atoms with Gasteiger partial charge in [-0.3, -0.25) is 4.98 Å². The molecule has 0 spiro atoms. The highest BCUT2D eigenvalue weighted by molar-refractivity contribution is 6.32. The molecule has 1 aromatic carbocycles. The van der Waals surface area contributed by atoms with Crippen LogP contribution in [0.5, 0.6) is 0 Å². The van der Waals surface area contributed by atoms with Crippen LogP contribution in [0.25, 0.3) is 10.9 Å². The fourth-order valence-electron chi connectivity index (χ4n) is 2.55. The number of carbonyl (C=O) groups excluding carboxylic acids is 1. The predicted molar refractivity (Wildman–Crippen MR) is 91.0 cm³/mol. The van der Waals surface area contributed by atoms with E-state index in [0.29, 0.717) is 17.2 Å². The maximum absolute atomic E-state index is 12.3. The topological polar surface area (TPSA) is 42.4 Å². The van der Waals surface area contributed by atoms with Crippen molar-refractivity contribution in [3.8, 4) is 0 Å². The van der Waals surface area contributed by atoms with Gasteiger partial charge in [-0.1, -0.05) is 11.6 Å². The lowest BCUT2D eigenvalue weighted by atomic mass is 10.1. The van der Waals surface area contributed by atoms with Crippen LogP contribution in [-0.2, 0) is 4.74 Å². The number of benzene rings is 1. The van der Waals surface area contributed by atoms with Crippen LogP contribution >= 0.6 is 11.6 Å². The summed E-state index contributed by atoms with van der Waals surface area (Å²) in [6, 6.07) is 3.83. The van der Waals surface area contributed by atoms with Gasteiger partial charge < -0.3 is 9.64 Å². The predicted octanol–water partition coefficient (Wildman–Crippen LogP) is 4.22. The van der Waals surface area contributed by atoms with Crippen LogP contribution in [0.2, 0.25) is 5.02 Å². The van der Waals surface area contributed by atoms with E-state index in [2.05, 4.69) is 23.7 Å². The molecule has 0 aliphatic heterocycles. The first-order valence-electron chi connectivity index (χ1n) is 7.54. The van der Waals surface area contributed by atoms with Crippen LogP contribution in [0.1, 0.15) is 36.7 Å². The van der Waals surface area contributed by atoms with Crippen molar-refractivity contribution in [2.75, 3.05) is 24.6 Å². The van der Waals surface area contributed by atoms with E-state index in [0.717, 1.165) is 35.2 Å². The molecule has 2 rings (SSSR count). The molecule has 0 saturated carbocycles. The van der Waals surface area contributed by atoms with Crippen molar-refractivity contribution in [2.45, 2.75) is 27.7 Å². The summed E-state index contributed by atoms with van der Waals surface area (Å²) in [5.41, 5.74) is 3.11. The number of carbonyl (C=O) groups is 1. The summed E-state index contributed by atoms with van der Waals surface area (Å²) in [6.07, 6.45) is 1.58. The monoisotopic (exact) mass is 320 g/mol. The van der Waals surface area contributed by atoms with Gasteiger partial charge in [-0.15, -0.1) is 0 Å². The number of rotatable bonds is 5. The van der Waals surface area contributed by atoms with Gasteiger partial charge in [0.15, 0.2) is 0 Å². The number of esters is 1. The Balaban J connectivity index is 2.77. The van der Waals surface area contributed by atoms with Crippen molar-refractivity contribution in [1.29, 1.82) is 0 Å². The lowest BCUT2D eigenvalue weighted by molar-refractivity contribution is 0.0527. The van der Waals surface area contributed by atoms with E-state index in [1.165, 1.54) is 0 Å². The number of pyridine rings is 1. The molecule has 0 saturated heterocycles. The number of anilines is 1. The molecule has 0 atom stereocenters. The zero-order valence-corrected chi connectivity index (χ0v) is 14.2. The van der Waals surface area contributed by atoms with Crippen LogP contribution in [0.15, 0.2) is 18.3 Å². The number of ether oxygens (including phenoxy) is 1. The Morgan fingerprint density at radius 3 is 2.55 bits per heavy atom. The van der Waals surface area contributed by atoms with E-state index in [1.807, 2.05) is 19.1 Å². The summed E-state index contributed by atoms with van der Waals surface area (Å²) in [5.74, 6) is -0.341. The minimum absolute atomic E-state index is 0.341. The highest BCUT2D eigenvalue weighted by atomic mass is 35.5. The molecular formula is C17H21ClN2O2. The van der Waals surface area contributed by atoms with Gasteiger partial charge >= 0.3 is 5.97 Å². The number of hydrogen-bond acceptors (Lipinski definition) is 4. The van der Waals surface area contributed by atoms with Gasteiger partial charge in [0, 0.05) is 29.7 Å². The van der Waals surface area contributed by atoms with Crippen LogP contribution in [0, 0.1) is 6.92 Å². The van der Waals surface area contributed by atoms with E-state index >= 15 is 0 Å². The van der Waals surface area contributed by atoms with Gasteiger partial charge in [-0.05, 0) is 45.4 Å². The maximum Gasteiger partial charge on any atom is 0.341 e. The maximum atomic E-state index is 12.3. The molecule has 22 heavy (non-hydrogen) atoms. The molecule has 0 N–H and O–H groups in total.